The predicted molar refractivity (Wildman–Crippen MR) is 167 cm³/mol. The van der Waals surface area contributed by atoms with Crippen LogP contribution in [0, 0.1) is 0 Å². The van der Waals surface area contributed by atoms with Crippen molar-refractivity contribution in [1.82, 2.24) is 28.8 Å². The molecule has 2 aliphatic rings. The van der Waals surface area contributed by atoms with Crippen molar-refractivity contribution in [1.29, 1.82) is 0 Å². The average molecular weight is 583 g/mol. The van der Waals surface area contributed by atoms with Gasteiger partial charge < -0.3 is 34.5 Å². The number of piperidine rings is 1. The molecule has 5 heterocycles. The van der Waals surface area contributed by atoms with Crippen LogP contribution in [0.4, 0.5) is 5.69 Å². The summed E-state index contributed by atoms with van der Waals surface area (Å²) in [6.07, 6.45) is 6.45. The zero-order valence-electron chi connectivity index (χ0n) is 24.7. The van der Waals surface area contributed by atoms with Gasteiger partial charge in [0.25, 0.3) is 5.91 Å². The summed E-state index contributed by atoms with van der Waals surface area (Å²) >= 11 is 0. The second-order valence-electron chi connectivity index (χ2n) is 11.7. The van der Waals surface area contributed by atoms with Crippen LogP contribution in [0.5, 0.6) is 5.75 Å². The number of hydrogen-bond donors (Lipinski definition) is 2. The van der Waals surface area contributed by atoms with Gasteiger partial charge in [0.05, 0.1) is 42.3 Å². The molecule has 224 valence electrons. The molecule has 2 aromatic carbocycles. The van der Waals surface area contributed by atoms with Gasteiger partial charge in [-0.05, 0) is 43.5 Å². The van der Waals surface area contributed by atoms with Gasteiger partial charge in [0.1, 0.15) is 11.3 Å². The lowest BCUT2D eigenvalue weighted by Crippen LogP contribution is -2.45. The quantitative estimate of drug-likeness (QED) is 0.288. The molecule has 11 heteroatoms. The Morgan fingerprint density at radius 1 is 1.16 bits per heavy atom. The maximum atomic E-state index is 13.6. The Kier molecular flexibility index (Phi) is 7.06. The van der Waals surface area contributed by atoms with Crippen molar-refractivity contribution in [2.75, 3.05) is 44.8 Å². The molecule has 5 aromatic rings. The summed E-state index contributed by atoms with van der Waals surface area (Å²) in [5.74, 6) is 1.37. The van der Waals surface area contributed by atoms with Gasteiger partial charge in [-0.3, -0.25) is 9.48 Å². The Morgan fingerprint density at radius 2 is 2.05 bits per heavy atom. The molecule has 1 saturated heterocycles. The summed E-state index contributed by atoms with van der Waals surface area (Å²) in [6.45, 7) is 4.42. The van der Waals surface area contributed by atoms with Crippen LogP contribution in [0.3, 0.4) is 0 Å². The molecule has 3 aromatic heterocycles. The summed E-state index contributed by atoms with van der Waals surface area (Å²) in [4.78, 5) is 23.0. The van der Waals surface area contributed by atoms with Crippen LogP contribution in [0.1, 0.15) is 35.2 Å². The number of likely N-dealkylation sites (tertiary alicyclic amines) is 1. The minimum absolute atomic E-state index is 0.00134. The maximum Gasteiger partial charge on any atom is 0.254 e. The number of aliphatic hydroxyl groups excluding tert-OH is 1. The second kappa shape index (κ2) is 11.1. The summed E-state index contributed by atoms with van der Waals surface area (Å²) in [5.41, 5.74) is 12.7. The summed E-state index contributed by atoms with van der Waals surface area (Å²) in [5, 5.41) is 15.0. The van der Waals surface area contributed by atoms with E-state index in [1.165, 1.54) is 11.2 Å². The van der Waals surface area contributed by atoms with Crippen LogP contribution in [0.2, 0.25) is 0 Å². The van der Waals surface area contributed by atoms with Gasteiger partial charge in [0.2, 0.25) is 0 Å². The number of amides is 1. The number of hydrogen-bond acceptors (Lipinski definition) is 7. The molecule has 1 amide bonds. The Balaban J connectivity index is 1.40. The molecule has 1 fully saturated rings. The van der Waals surface area contributed by atoms with Crippen LogP contribution in [-0.2, 0) is 20.1 Å². The number of imidazole rings is 1. The van der Waals surface area contributed by atoms with Crippen LogP contribution in [-0.4, -0.2) is 85.7 Å². The number of fused-ring (bicyclic) bond motifs is 1. The molecule has 43 heavy (non-hydrogen) atoms. The lowest BCUT2D eigenvalue weighted by Gasteiger charge is -2.31. The highest BCUT2D eigenvalue weighted by molar-refractivity contribution is 6.01. The number of anilines is 1. The fraction of sp³-hybridized carbons (Fsp3) is 0.406. The molecule has 2 aliphatic heterocycles. The first-order chi connectivity index (χ1) is 20.9. The number of carbonyl (C=O) groups excluding carboxylic acids is 1. The standard InChI is InChI=1S/C32H38N8O3/c1-36-18-21(17-34-36)19-40-30-25(14-23(16-28(30)43-2)32(42)38-9-4-7-24(33)20-38)35-31(40)27-15-22-6-3-8-26-29(22)39(27)12-11-37(26)10-5-13-41/h3,6,8,14-18,24,41H,4-5,7,9-13,19-20,33H2,1-2H3/t24-/m1/s1. The molecule has 0 bridgehead atoms. The number of carbonyl (C=O) groups is 1. The highest BCUT2D eigenvalue weighted by Gasteiger charge is 2.28. The van der Waals surface area contributed by atoms with E-state index in [4.69, 9.17) is 15.5 Å². The van der Waals surface area contributed by atoms with E-state index in [9.17, 15) is 9.90 Å². The normalized spacial score (nSPS) is 16.9. The van der Waals surface area contributed by atoms with E-state index in [2.05, 4.69) is 43.4 Å². The van der Waals surface area contributed by atoms with Gasteiger partial charge in [-0.2, -0.15) is 5.10 Å². The number of ether oxygens (including phenoxy) is 1. The third-order valence-electron chi connectivity index (χ3n) is 8.77. The van der Waals surface area contributed by atoms with E-state index in [1.807, 2.05) is 36.5 Å². The van der Waals surface area contributed by atoms with Crippen molar-refractivity contribution < 1.29 is 14.6 Å². The minimum Gasteiger partial charge on any atom is -0.494 e. The number of aromatic nitrogens is 5. The smallest absolute Gasteiger partial charge is 0.254 e. The van der Waals surface area contributed by atoms with Gasteiger partial charge in [0.15, 0.2) is 5.82 Å². The fourth-order valence-corrected chi connectivity index (χ4v) is 6.78. The van der Waals surface area contributed by atoms with Crippen molar-refractivity contribution >= 4 is 33.5 Å². The Morgan fingerprint density at radius 3 is 2.81 bits per heavy atom. The molecule has 0 unspecified atom stereocenters. The van der Waals surface area contributed by atoms with E-state index in [1.54, 1.807) is 11.8 Å². The zero-order valence-corrected chi connectivity index (χ0v) is 24.7. The van der Waals surface area contributed by atoms with Crippen LogP contribution < -0.4 is 15.4 Å². The third kappa shape index (κ3) is 4.82. The molecule has 0 spiro atoms. The highest BCUT2D eigenvalue weighted by Crippen LogP contribution is 2.39. The monoisotopic (exact) mass is 582 g/mol. The SMILES string of the molecule is COc1cc(C(=O)N2CCC[C@@H](N)C2)cc2nc(-c3cc4cccc5c4n3CCN5CCCO)n(Cc3cnn(C)c3)c12. The Hall–Kier alpha value is -4.35. The molecule has 0 radical (unpaired) electrons. The summed E-state index contributed by atoms with van der Waals surface area (Å²) in [6, 6.07) is 12.3. The van der Waals surface area contributed by atoms with Crippen LogP contribution in [0.25, 0.3) is 33.5 Å². The van der Waals surface area contributed by atoms with Gasteiger partial charge >= 0.3 is 0 Å². The second-order valence-corrected chi connectivity index (χ2v) is 11.7. The van der Waals surface area contributed by atoms with Gasteiger partial charge in [0, 0.05) is 75.1 Å². The highest BCUT2D eigenvalue weighted by atomic mass is 16.5. The minimum atomic E-state index is -0.0464. The van der Waals surface area contributed by atoms with E-state index in [0.717, 1.165) is 66.9 Å². The number of nitrogens with zero attached hydrogens (tertiary/aromatic N) is 7. The topological polar surface area (TPSA) is 120 Å². The van der Waals surface area contributed by atoms with E-state index >= 15 is 0 Å². The molecule has 11 nitrogen and oxygen atoms in total. The lowest BCUT2D eigenvalue weighted by atomic mass is 10.0. The van der Waals surface area contributed by atoms with Crippen molar-refractivity contribution in [3.8, 4) is 17.3 Å². The van der Waals surface area contributed by atoms with E-state index in [0.29, 0.717) is 36.5 Å². The van der Waals surface area contributed by atoms with Gasteiger partial charge in [-0.25, -0.2) is 4.98 Å². The fourth-order valence-electron chi connectivity index (χ4n) is 6.78. The van der Waals surface area contributed by atoms with Crippen LogP contribution >= 0.6 is 0 Å². The largest absolute Gasteiger partial charge is 0.494 e. The molecular formula is C32H38N8O3. The average Bonchev–Trinajstić information content (AvgIpc) is 3.71. The first-order valence-corrected chi connectivity index (χ1v) is 15.0. The number of methoxy groups -OCH3 is 1. The summed E-state index contributed by atoms with van der Waals surface area (Å²) in [7, 11) is 3.55. The number of benzene rings is 2. The van der Waals surface area contributed by atoms with Gasteiger partial charge in [-0.1, -0.05) is 12.1 Å². The molecule has 3 N–H and O–H groups in total. The molecular weight excluding hydrogens is 544 g/mol. The number of aliphatic hydroxyl groups is 1. The molecule has 1 atom stereocenters. The zero-order chi connectivity index (χ0) is 29.7. The van der Waals surface area contributed by atoms with Crippen molar-refractivity contribution in [3.63, 3.8) is 0 Å². The lowest BCUT2D eigenvalue weighted by molar-refractivity contribution is 0.0708. The molecule has 7 rings (SSSR count). The Bertz CT molecular complexity index is 1820. The van der Waals surface area contributed by atoms with E-state index < -0.39 is 0 Å². The number of rotatable bonds is 8. The van der Waals surface area contributed by atoms with Crippen molar-refractivity contribution in [2.24, 2.45) is 12.8 Å². The van der Waals surface area contributed by atoms with E-state index in [-0.39, 0.29) is 18.6 Å². The van der Waals surface area contributed by atoms with Crippen molar-refractivity contribution in [3.05, 3.63) is 59.9 Å². The predicted octanol–water partition coefficient (Wildman–Crippen LogP) is 3.21. The Labute approximate surface area is 250 Å². The van der Waals surface area contributed by atoms with Crippen molar-refractivity contribution in [2.45, 2.75) is 38.4 Å². The third-order valence-corrected chi connectivity index (χ3v) is 8.77. The number of aryl methyl sites for hydroxylation is 1. The summed E-state index contributed by atoms with van der Waals surface area (Å²) < 4.78 is 12.3. The number of para-hydroxylation sites is 1. The first kappa shape index (κ1) is 27.5. The number of nitrogens with two attached hydrogens (primary N) is 1. The van der Waals surface area contributed by atoms with Crippen LogP contribution in [0.15, 0.2) is 48.8 Å². The molecule has 0 saturated carbocycles. The van der Waals surface area contributed by atoms with Gasteiger partial charge in [-0.15, -0.1) is 0 Å². The maximum absolute atomic E-state index is 13.6. The first-order valence-electron chi connectivity index (χ1n) is 15.0. The molecule has 0 aliphatic carbocycles.